The monoisotopic (exact) mass is 293 g/mol. The van der Waals surface area contributed by atoms with Gasteiger partial charge in [0.1, 0.15) is 12.1 Å². The first-order chi connectivity index (χ1) is 10.2. The Morgan fingerprint density at radius 3 is 2.05 bits per heavy atom. The quantitative estimate of drug-likeness (QED) is 0.805. The van der Waals surface area contributed by atoms with Gasteiger partial charge in [-0.3, -0.25) is 0 Å². The van der Waals surface area contributed by atoms with E-state index in [-0.39, 0.29) is 0 Å². The number of nitriles is 2. The lowest BCUT2D eigenvalue weighted by Crippen LogP contribution is -2.18. The summed E-state index contributed by atoms with van der Waals surface area (Å²) in [6, 6.07) is 17.8. The van der Waals surface area contributed by atoms with Gasteiger partial charge in [0.15, 0.2) is 0 Å². The molecule has 0 amide bonds. The van der Waals surface area contributed by atoms with Crippen molar-refractivity contribution < 1.29 is 0 Å². The minimum absolute atomic E-state index is 0.525. The van der Waals surface area contributed by atoms with Crippen LogP contribution in [0.3, 0.4) is 0 Å². The molecule has 104 valence electrons. The molecule has 0 spiro atoms. The van der Waals surface area contributed by atoms with Crippen LogP contribution in [0.2, 0.25) is 0 Å². The second kappa shape index (κ2) is 6.83. The topological polar surface area (TPSA) is 50.8 Å². The number of nitrogens with zero attached hydrogens (tertiary/aromatic N) is 3. The van der Waals surface area contributed by atoms with Crippen molar-refractivity contribution in [3.8, 4) is 12.1 Å². The van der Waals surface area contributed by atoms with Crippen LogP contribution in [0.25, 0.3) is 0 Å². The zero-order valence-electron chi connectivity index (χ0n) is 12.0. The van der Waals surface area contributed by atoms with Gasteiger partial charge in [-0.2, -0.15) is 10.5 Å². The van der Waals surface area contributed by atoms with Gasteiger partial charge < -0.3 is 4.90 Å². The highest BCUT2D eigenvalue weighted by Gasteiger charge is 2.13. The van der Waals surface area contributed by atoms with Crippen LogP contribution in [0.1, 0.15) is 16.7 Å². The maximum atomic E-state index is 9.23. The number of thioether (sulfide) groups is 1. The molecule has 4 heteroatoms. The summed E-state index contributed by atoms with van der Waals surface area (Å²) in [5.74, 6) is 0. The molecule has 2 aromatic rings. The summed E-state index contributed by atoms with van der Waals surface area (Å²) in [6.45, 7) is 0.655. The minimum atomic E-state index is 0.525. The summed E-state index contributed by atoms with van der Waals surface area (Å²) in [4.78, 5) is 3.17. The van der Waals surface area contributed by atoms with Gasteiger partial charge in [0.25, 0.3) is 0 Å². The molecule has 2 aromatic carbocycles. The van der Waals surface area contributed by atoms with E-state index in [2.05, 4.69) is 36.4 Å². The molecule has 2 rings (SSSR count). The largest absolute Gasteiger partial charge is 0.368 e. The van der Waals surface area contributed by atoms with Gasteiger partial charge in [-0.25, -0.2) is 0 Å². The van der Waals surface area contributed by atoms with Gasteiger partial charge in [-0.15, -0.1) is 11.8 Å². The van der Waals surface area contributed by atoms with E-state index in [1.165, 1.54) is 4.90 Å². The molecule has 0 aliphatic heterocycles. The molecule has 0 aliphatic rings. The number of anilines is 1. The summed E-state index contributed by atoms with van der Waals surface area (Å²) in [7, 11) is 1.90. The zero-order chi connectivity index (χ0) is 15.2. The first kappa shape index (κ1) is 15.0. The molecule has 0 saturated heterocycles. The fourth-order valence-corrected chi connectivity index (χ4v) is 2.63. The molecular weight excluding hydrogens is 278 g/mol. The van der Waals surface area contributed by atoms with Crippen LogP contribution in [0.15, 0.2) is 47.4 Å². The molecule has 3 nitrogen and oxygen atoms in total. The number of benzene rings is 2. The first-order valence-electron chi connectivity index (χ1n) is 6.47. The Balaban J connectivity index is 2.30. The smallest absolute Gasteiger partial charge is 0.101 e. The van der Waals surface area contributed by atoms with Crippen molar-refractivity contribution in [3.63, 3.8) is 0 Å². The van der Waals surface area contributed by atoms with E-state index in [4.69, 9.17) is 0 Å². The van der Waals surface area contributed by atoms with E-state index in [1.807, 2.05) is 18.2 Å². The average molecular weight is 293 g/mol. The van der Waals surface area contributed by atoms with Crippen LogP contribution in [0.4, 0.5) is 5.69 Å². The van der Waals surface area contributed by atoms with Crippen LogP contribution in [0, 0.1) is 22.7 Å². The summed E-state index contributed by atoms with van der Waals surface area (Å²) in [6.07, 6.45) is 2.05. The summed E-state index contributed by atoms with van der Waals surface area (Å²) in [5, 5.41) is 18.5. The van der Waals surface area contributed by atoms with Crippen molar-refractivity contribution in [2.24, 2.45) is 0 Å². The van der Waals surface area contributed by atoms with Gasteiger partial charge in [0.05, 0.1) is 16.8 Å². The Morgan fingerprint density at radius 1 is 1.00 bits per heavy atom. The van der Waals surface area contributed by atoms with E-state index < -0.39 is 0 Å². The predicted octanol–water partition coefficient (Wildman–Crippen LogP) is 3.79. The van der Waals surface area contributed by atoms with Crippen molar-refractivity contribution >= 4 is 17.4 Å². The highest BCUT2D eigenvalue weighted by molar-refractivity contribution is 7.98. The van der Waals surface area contributed by atoms with Crippen molar-refractivity contribution in [1.29, 1.82) is 10.5 Å². The molecule has 0 fully saturated rings. The van der Waals surface area contributed by atoms with Gasteiger partial charge >= 0.3 is 0 Å². The highest BCUT2D eigenvalue weighted by Crippen LogP contribution is 2.25. The van der Waals surface area contributed by atoms with E-state index in [0.717, 1.165) is 5.56 Å². The maximum Gasteiger partial charge on any atom is 0.101 e. The average Bonchev–Trinajstić information content (AvgIpc) is 2.54. The molecule has 0 unspecified atom stereocenters. The van der Waals surface area contributed by atoms with Crippen LogP contribution in [-0.4, -0.2) is 13.3 Å². The normalized spacial score (nSPS) is 9.71. The van der Waals surface area contributed by atoms with Crippen LogP contribution in [-0.2, 0) is 6.54 Å². The lowest BCUT2D eigenvalue weighted by molar-refractivity contribution is 0.917. The second-order valence-electron chi connectivity index (χ2n) is 4.63. The SMILES string of the molecule is CSc1ccc(CN(C)c2c(C#N)cccc2C#N)cc1. The minimum Gasteiger partial charge on any atom is -0.368 e. The van der Waals surface area contributed by atoms with Gasteiger partial charge in [0, 0.05) is 18.5 Å². The number of hydrogen-bond donors (Lipinski definition) is 0. The molecule has 21 heavy (non-hydrogen) atoms. The Bertz CT molecular complexity index is 676. The van der Waals surface area contributed by atoms with Crippen molar-refractivity contribution in [1.82, 2.24) is 0 Å². The third-order valence-electron chi connectivity index (χ3n) is 3.24. The third kappa shape index (κ3) is 3.37. The van der Waals surface area contributed by atoms with Crippen LogP contribution in [0.5, 0.6) is 0 Å². The fourth-order valence-electron chi connectivity index (χ4n) is 2.22. The van der Waals surface area contributed by atoms with Crippen molar-refractivity contribution in [3.05, 3.63) is 59.2 Å². The highest BCUT2D eigenvalue weighted by atomic mass is 32.2. The summed E-state index contributed by atoms with van der Waals surface area (Å²) < 4.78 is 0. The van der Waals surface area contributed by atoms with E-state index in [0.29, 0.717) is 23.4 Å². The fraction of sp³-hybridized carbons (Fsp3) is 0.176. The van der Waals surface area contributed by atoms with Crippen LogP contribution < -0.4 is 4.90 Å². The van der Waals surface area contributed by atoms with Crippen molar-refractivity contribution in [2.75, 3.05) is 18.2 Å². The maximum absolute atomic E-state index is 9.23. The summed E-state index contributed by atoms with van der Waals surface area (Å²) >= 11 is 1.71. The lowest BCUT2D eigenvalue weighted by Gasteiger charge is -2.22. The standard InChI is InChI=1S/C17H15N3S/c1-20(12-13-6-8-16(21-2)9-7-13)17-14(10-18)4-3-5-15(17)11-19/h3-9H,12H2,1-2H3. The van der Waals surface area contributed by atoms with E-state index >= 15 is 0 Å². The number of rotatable bonds is 4. The Kier molecular flexibility index (Phi) is 4.87. The van der Waals surface area contributed by atoms with Crippen molar-refractivity contribution in [2.45, 2.75) is 11.4 Å². The zero-order valence-corrected chi connectivity index (χ0v) is 12.8. The number of hydrogen-bond acceptors (Lipinski definition) is 4. The predicted molar refractivity (Wildman–Crippen MR) is 86.2 cm³/mol. The molecule has 0 bridgehead atoms. The molecule has 0 aromatic heterocycles. The van der Waals surface area contributed by atoms with Gasteiger partial charge in [-0.05, 0) is 36.1 Å². The van der Waals surface area contributed by atoms with E-state index in [9.17, 15) is 10.5 Å². The molecule has 0 heterocycles. The number of para-hydroxylation sites is 1. The first-order valence-corrected chi connectivity index (χ1v) is 7.69. The van der Waals surface area contributed by atoms with E-state index in [1.54, 1.807) is 30.0 Å². The Labute approximate surface area is 129 Å². The molecule has 0 aliphatic carbocycles. The molecule has 0 saturated carbocycles. The second-order valence-corrected chi connectivity index (χ2v) is 5.51. The Hall–Kier alpha value is -2.43. The molecular formula is C17H15N3S. The third-order valence-corrected chi connectivity index (χ3v) is 3.98. The Morgan fingerprint density at radius 2 is 1.57 bits per heavy atom. The molecule has 0 atom stereocenters. The van der Waals surface area contributed by atoms with Gasteiger partial charge in [-0.1, -0.05) is 18.2 Å². The van der Waals surface area contributed by atoms with Gasteiger partial charge in [0.2, 0.25) is 0 Å². The lowest BCUT2D eigenvalue weighted by atomic mass is 10.1. The van der Waals surface area contributed by atoms with Crippen LogP contribution >= 0.6 is 11.8 Å². The summed E-state index contributed by atoms with van der Waals surface area (Å²) in [5.41, 5.74) is 2.89. The molecule has 0 N–H and O–H groups in total. The molecule has 0 radical (unpaired) electrons.